The third kappa shape index (κ3) is 7.53. The van der Waals surface area contributed by atoms with Gasteiger partial charge in [-0.05, 0) is 10.0 Å². The largest absolute Gasteiger partial charge is 0.412 e. The van der Waals surface area contributed by atoms with Crippen LogP contribution in [0.1, 0.15) is 33.6 Å². The third-order valence-corrected chi connectivity index (χ3v) is 2.19. The second-order valence-corrected chi connectivity index (χ2v) is 3.93. The number of halogens is 1. The van der Waals surface area contributed by atoms with Gasteiger partial charge in [0.25, 0.3) is 0 Å². The monoisotopic (exact) mass is 323 g/mol. The van der Waals surface area contributed by atoms with Gasteiger partial charge < -0.3 is 4.74 Å². The van der Waals surface area contributed by atoms with Gasteiger partial charge in [0.05, 0.1) is 0 Å². The van der Waals surface area contributed by atoms with E-state index in [-0.39, 0.29) is 5.97 Å². The summed E-state index contributed by atoms with van der Waals surface area (Å²) in [5, 5.41) is 0. The Hall–Kier alpha value is -0.390. The van der Waals surface area contributed by atoms with Crippen LogP contribution in [0.4, 0.5) is 0 Å². The van der Waals surface area contributed by atoms with Crippen molar-refractivity contribution in [3.05, 3.63) is 10.2 Å². The summed E-state index contributed by atoms with van der Waals surface area (Å²) in [5.41, 5.74) is 0. The van der Waals surface area contributed by atoms with E-state index in [1.807, 2.05) is 11.0 Å². The molecule has 0 aliphatic rings. The van der Waals surface area contributed by atoms with Gasteiger partial charge in [0, 0.05) is 19.4 Å². The minimum Gasteiger partial charge on any atom is -0.412 e. The third-order valence-electron chi connectivity index (χ3n) is 1.78. The Morgan fingerprint density at radius 3 is 2.60 bits per heavy atom. The summed E-state index contributed by atoms with van der Waals surface area (Å²) in [6.45, 7) is 6.45. The molecule has 1 atom stereocenters. The van der Waals surface area contributed by atoms with Crippen LogP contribution < -0.4 is 0 Å². The lowest BCUT2D eigenvalue weighted by Gasteiger charge is -2.06. The number of carbonyl (C=O) groups excluding carboxylic acids is 1. The molecule has 0 fully saturated rings. The number of nitrogens with zero attached hydrogens (tertiary/aromatic N) is 1. The van der Waals surface area contributed by atoms with Crippen LogP contribution in [0.2, 0.25) is 0 Å². The van der Waals surface area contributed by atoms with Gasteiger partial charge >= 0.3 is 5.97 Å². The molecule has 0 unspecified atom stereocenters. The van der Waals surface area contributed by atoms with Crippen LogP contribution in [0, 0.1) is 5.92 Å². The molecule has 3 nitrogen and oxygen atoms in total. The highest BCUT2D eigenvalue weighted by atomic mass is 127. The Balaban J connectivity index is 4.15. The predicted octanol–water partition coefficient (Wildman–Crippen LogP) is 3.33. The lowest BCUT2D eigenvalue weighted by molar-refractivity contribution is -0.135. The molecule has 0 N–H and O–H groups in total. The zero-order valence-electron chi connectivity index (χ0n) is 9.50. The molecular weight excluding hydrogens is 305 g/mol. The van der Waals surface area contributed by atoms with Crippen molar-refractivity contribution >= 4 is 34.5 Å². The number of carbonyl (C=O) groups is 1. The van der Waals surface area contributed by atoms with E-state index in [0.717, 1.165) is 0 Å². The van der Waals surface area contributed by atoms with Crippen molar-refractivity contribution in [1.29, 1.82) is 0 Å². The lowest BCUT2D eigenvalue weighted by atomic mass is 10.2. The van der Waals surface area contributed by atoms with Crippen molar-refractivity contribution < 1.29 is 9.53 Å². The molecular formula is C11H18INO2. The first-order chi connectivity index (χ1) is 7.13. The first kappa shape index (κ1) is 14.6. The highest BCUT2D eigenvalue weighted by Gasteiger charge is 2.04. The van der Waals surface area contributed by atoms with Crippen LogP contribution in [-0.2, 0) is 9.53 Å². The van der Waals surface area contributed by atoms with Crippen molar-refractivity contribution in [2.75, 3.05) is 6.54 Å². The second-order valence-electron chi connectivity index (χ2n) is 3.21. The van der Waals surface area contributed by atoms with E-state index in [1.54, 1.807) is 6.92 Å². The van der Waals surface area contributed by atoms with Crippen LogP contribution in [-0.4, -0.2) is 18.4 Å². The Kier molecular flexibility index (Phi) is 8.65. The minimum absolute atomic E-state index is 0.215. The highest BCUT2D eigenvalue weighted by molar-refractivity contribution is 14.1. The van der Waals surface area contributed by atoms with Gasteiger partial charge in [-0.2, -0.15) is 0 Å². The van der Waals surface area contributed by atoms with E-state index in [1.165, 1.54) is 0 Å². The molecule has 0 aliphatic carbocycles. The molecule has 0 radical (unpaired) electrons. The fraction of sp³-hybridized carbons (Fsp3) is 0.636. The summed E-state index contributed by atoms with van der Waals surface area (Å²) in [5.74, 6) is 0.701. The molecule has 0 aromatic heterocycles. The molecule has 0 rings (SSSR count). The predicted molar refractivity (Wildman–Crippen MR) is 71.3 cm³/mol. The average Bonchev–Trinajstić information content (AvgIpc) is 2.24. The molecule has 4 heteroatoms. The summed E-state index contributed by atoms with van der Waals surface area (Å²) >= 11 is 2.18. The van der Waals surface area contributed by atoms with Gasteiger partial charge in [-0.3, -0.25) is 9.79 Å². The van der Waals surface area contributed by atoms with Crippen molar-refractivity contribution in [3.63, 3.8) is 0 Å². The van der Waals surface area contributed by atoms with Crippen molar-refractivity contribution in [2.24, 2.45) is 10.9 Å². The zero-order valence-corrected chi connectivity index (χ0v) is 11.7. The topological polar surface area (TPSA) is 38.7 Å². The van der Waals surface area contributed by atoms with Crippen LogP contribution in [0.5, 0.6) is 0 Å². The van der Waals surface area contributed by atoms with Gasteiger partial charge in [-0.25, -0.2) is 0 Å². The normalized spacial score (nSPS) is 14.3. The van der Waals surface area contributed by atoms with Crippen molar-refractivity contribution in [3.8, 4) is 0 Å². The van der Waals surface area contributed by atoms with E-state index in [9.17, 15) is 4.79 Å². The number of aliphatic imine (C=N–C) groups is 1. The highest BCUT2D eigenvalue weighted by Crippen LogP contribution is 2.02. The molecule has 0 aromatic rings. The van der Waals surface area contributed by atoms with Gasteiger partial charge in [0.2, 0.25) is 0 Å². The quantitative estimate of drug-likeness (QED) is 0.337. The Morgan fingerprint density at radius 2 is 2.13 bits per heavy atom. The van der Waals surface area contributed by atoms with Crippen molar-refractivity contribution in [2.45, 2.75) is 33.6 Å². The summed E-state index contributed by atoms with van der Waals surface area (Å²) in [7, 11) is 0. The summed E-state index contributed by atoms with van der Waals surface area (Å²) in [4.78, 5) is 15.3. The van der Waals surface area contributed by atoms with Gasteiger partial charge in [0.15, 0.2) is 5.90 Å². The fourth-order valence-corrected chi connectivity index (χ4v) is 1.56. The van der Waals surface area contributed by atoms with E-state index in [0.29, 0.717) is 31.2 Å². The van der Waals surface area contributed by atoms with Crippen LogP contribution in [0.25, 0.3) is 0 Å². The molecule has 0 aromatic carbocycles. The average molecular weight is 323 g/mol. The first-order valence-electron chi connectivity index (χ1n) is 5.14. The summed E-state index contributed by atoms with van der Waals surface area (Å²) in [6.07, 6.45) is 3.12. The first-order valence-corrected chi connectivity index (χ1v) is 6.39. The number of hydrogen-bond acceptors (Lipinski definition) is 3. The zero-order chi connectivity index (χ0) is 11.7. The molecule has 0 bridgehead atoms. The number of ether oxygens (including phenoxy) is 1. The van der Waals surface area contributed by atoms with Gasteiger partial charge in [-0.1, -0.05) is 49.4 Å². The van der Waals surface area contributed by atoms with E-state index in [4.69, 9.17) is 4.74 Å². The van der Waals surface area contributed by atoms with E-state index in [2.05, 4.69) is 40.6 Å². The Bertz CT molecular complexity index is 249. The molecule has 0 saturated carbocycles. The Labute approximate surface area is 105 Å². The fourth-order valence-electron chi connectivity index (χ4n) is 0.851. The lowest BCUT2D eigenvalue weighted by Crippen LogP contribution is -2.12. The van der Waals surface area contributed by atoms with Gasteiger partial charge in [-0.15, -0.1) is 0 Å². The summed E-state index contributed by atoms with van der Waals surface area (Å²) in [6, 6.07) is 0. The number of hydrogen-bond donors (Lipinski definition) is 0. The van der Waals surface area contributed by atoms with Crippen LogP contribution in [0.3, 0.4) is 0 Å². The molecule has 0 aliphatic heterocycles. The minimum atomic E-state index is -0.215. The van der Waals surface area contributed by atoms with E-state index >= 15 is 0 Å². The summed E-state index contributed by atoms with van der Waals surface area (Å²) < 4.78 is 7.04. The maximum atomic E-state index is 11.0. The Morgan fingerprint density at radius 1 is 1.47 bits per heavy atom. The molecule has 0 spiro atoms. The molecule has 0 heterocycles. The number of rotatable bonds is 5. The number of esters is 1. The van der Waals surface area contributed by atoms with E-state index < -0.39 is 0 Å². The van der Waals surface area contributed by atoms with Crippen molar-refractivity contribution in [1.82, 2.24) is 0 Å². The van der Waals surface area contributed by atoms with Crippen LogP contribution in [0.15, 0.2) is 15.2 Å². The smallest absolute Gasteiger partial charge is 0.311 e. The molecule has 0 saturated heterocycles. The molecule has 86 valence electrons. The van der Waals surface area contributed by atoms with Crippen LogP contribution >= 0.6 is 22.6 Å². The molecule has 0 amide bonds. The standard InChI is InChI=1S/C11H18INO2/c1-4-10(15-11(14)5-2)13-8-9(3)6-7-12/h6-7,9H,4-5,8H2,1-3H3/b7-6-,13-10?/t9-/m0/s1. The van der Waals surface area contributed by atoms with Gasteiger partial charge in [0.1, 0.15) is 0 Å². The maximum absolute atomic E-state index is 11.0. The SMILES string of the molecule is CCC(=O)OC(CC)=NC[C@@H](C)/C=C\I. The maximum Gasteiger partial charge on any atom is 0.311 e. The second kappa shape index (κ2) is 8.88. The molecule has 15 heavy (non-hydrogen) atoms.